The van der Waals surface area contributed by atoms with Crippen LogP contribution in [0.3, 0.4) is 0 Å². The number of anilines is 2. The number of amides is 2. The molecule has 0 fully saturated rings. The summed E-state index contributed by atoms with van der Waals surface area (Å²) >= 11 is 0.170. The largest absolute Gasteiger partial charge is 0.445 e. The number of hydrogen-bond donors (Lipinski definition) is 2. The smallest absolute Gasteiger partial charge is 0.305 e. The van der Waals surface area contributed by atoms with E-state index < -0.39 is 23.0 Å². The van der Waals surface area contributed by atoms with Crippen LogP contribution in [0.5, 0.6) is 0 Å². The zero-order valence-corrected chi connectivity index (χ0v) is 10.3. The summed E-state index contributed by atoms with van der Waals surface area (Å²) in [6, 6.07) is 4.43. The Bertz CT molecular complexity index is 628. The standard InChI is InChI=1S/C10H6F4N4OS/c11-5-3-1-2-4-6(5)15-8(19)16-9-18-17-7(20-9)10(12,13)14/h1-4H,(H2,15,16,18,19). The Morgan fingerprint density at radius 1 is 1.15 bits per heavy atom. The van der Waals surface area contributed by atoms with Gasteiger partial charge in [-0.2, -0.15) is 13.2 Å². The fraction of sp³-hybridized carbons (Fsp3) is 0.100. The van der Waals surface area contributed by atoms with Crippen LogP contribution >= 0.6 is 11.3 Å². The fourth-order valence-corrected chi connectivity index (χ4v) is 1.81. The number of rotatable bonds is 2. The molecule has 0 unspecified atom stereocenters. The first-order valence-electron chi connectivity index (χ1n) is 5.09. The third kappa shape index (κ3) is 3.41. The molecule has 10 heteroatoms. The number of carbonyl (C=O) groups is 1. The molecule has 0 saturated heterocycles. The third-order valence-electron chi connectivity index (χ3n) is 2.01. The molecule has 0 aliphatic heterocycles. The number of hydrogen-bond acceptors (Lipinski definition) is 4. The molecule has 2 amide bonds. The van der Waals surface area contributed by atoms with Crippen molar-refractivity contribution in [2.45, 2.75) is 6.18 Å². The van der Waals surface area contributed by atoms with Crippen molar-refractivity contribution in [3.63, 3.8) is 0 Å². The summed E-state index contributed by atoms with van der Waals surface area (Å²) in [4.78, 5) is 11.5. The summed E-state index contributed by atoms with van der Waals surface area (Å²) in [5.74, 6) is -0.670. The highest BCUT2D eigenvalue weighted by Crippen LogP contribution is 2.32. The van der Waals surface area contributed by atoms with Gasteiger partial charge in [0.1, 0.15) is 5.82 Å². The van der Waals surface area contributed by atoms with E-state index in [9.17, 15) is 22.4 Å². The summed E-state index contributed by atoms with van der Waals surface area (Å²) in [6.45, 7) is 0. The molecule has 0 saturated carbocycles. The molecule has 1 aromatic heterocycles. The number of halogens is 4. The van der Waals surface area contributed by atoms with Gasteiger partial charge in [-0.25, -0.2) is 9.18 Å². The quantitative estimate of drug-likeness (QED) is 0.836. The summed E-state index contributed by atoms with van der Waals surface area (Å²) in [7, 11) is 0. The zero-order chi connectivity index (χ0) is 14.8. The lowest BCUT2D eigenvalue weighted by Gasteiger charge is -2.05. The molecule has 0 aliphatic rings. The molecule has 0 bridgehead atoms. The van der Waals surface area contributed by atoms with Gasteiger partial charge in [0, 0.05) is 0 Å². The second-order valence-electron chi connectivity index (χ2n) is 3.47. The van der Waals surface area contributed by atoms with Gasteiger partial charge in [0.25, 0.3) is 0 Å². The second-order valence-corrected chi connectivity index (χ2v) is 4.45. The Hall–Kier alpha value is -2.23. The summed E-state index contributed by atoms with van der Waals surface area (Å²) < 4.78 is 50.0. The van der Waals surface area contributed by atoms with Gasteiger partial charge in [-0.15, -0.1) is 10.2 Å². The first-order valence-corrected chi connectivity index (χ1v) is 5.91. The molecule has 2 rings (SSSR count). The molecule has 2 aromatic rings. The van der Waals surface area contributed by atoms with E-state index in [2.05, 4.69) is 15.5 Å². The van der Waals surface area contributed by atoms with Crippen molar-refractivity contribution < 1.29 is 22.4 Å². The van der Waals surface area contributed by atoms with E-state index in [1.54, 1.807) is 0 Å². The molecule has 1 aromatic carbocycles. The molecule has 2 N–H and O–H groups in total. The van der Waals surface area contributed by atoms with Crippen LogP contribution < -0.4 is 10.6 Å². The molecule has 0 spiro atoms. The molecular weight excluding hydrogens is 300 g/mol. The Balaban J connectivity index is 2.02. The van der Waals surface area contributed by atoms with Crippen molar-refractivity contribution in [2.75, 3.05) is 10.6 Å². The molecule has 106 valence electrons. The van der Waals surface area contributed by atoms with Crippen molar-refractivity contribution in [1.29, 1.82) is 0 Å². The maximum absolute atomic E-state index is 13.2. The number of para-hydroxylation sites is 1. The molecule has 0 atom stereocenters. The minimum Gasteiger partial charge on any atom is -0.305 e. The van der Waals surface area contributed by atoms with Crippen LogP contribution in [-0.4, -0.2) is 16.2 Å². The van der Waals surface area contributed by atoms with Crippen molar-refractivity contribution in [3.05, 3.63) is 35.1 Å². The molecule has 5 nitrogen and oxygen atoms in total. The predicted octanol–water partition coefficient (Wildman–Crippen LogP) is 3.34. The first kappa shape index (κ1) is 14.2. The van der Waals surface area contributed by atoms with Crippen LogP contribution in [0, 0.1) is 5.82 Å². The first-order chi connectivity index (χ1) is 9.36. The Morgan fingerprint density at radius 2 is 1.85 bits per heavy atom. The maximum atomic E-state index is 13.2. The van der Waals surface area contributed by atoms with Crippen molar-refractivity contribution in [3.8, 4) is 0 Å². The molecule has 0 aliphatic carbocycles. The van der Waals surface area contributed by atoms with Gasteiger partial charge in [0.2, 0.25) is 10.1 Å². The normalized spacial score (nSPS) is 11.2. The lowest BCUT2D eigenvalue weighted by Crippen LogP contribution is -2.19. The zero-order valence-electron chi connectivity index (χ0n) is 9.53. The minimum absolute atomic E-state index is 0.106. The summed E-state index contributed by atoms with van der Waals surface area (Å²) in [5, 5.41) is 8.72. The van der Waals surface area contributed by atoms with E-state index in [-0.39, 0.29) is 22.2 Å². The summed E-state index contributed by atoms with van der Waals surface area (Å²) in [6.07, 6.45) is -4.63. The van der Waals surface area contributed by atoms with Gasteiger partial charge in [-0.05, 0) is 12.1 Å². The number of urea groups is 1. The van der Waals surface area contributed by atoms with Gasteiger partial charge in [0.05, 0.1) is 5.69 Å². The van der Waals surface area contributed by atoms with Crippen LogP contribution in [0.1, 0.15) is 5.01 Å². The third-order valence-corrected chi connectivity index (χ3v) is 2.89. The topological polar surface area (TPSA) is 66.9 Å². The van der Waals surface area contributed by atoms with Crippen LogP contribution in [0.15, 0.2) is 24.3 Å². The van der Waals surface area contributed by atoms with Crippen LogP contribution in [-0.2, 0) is 6.18 Å². The number of alkyl halides is 3. The van der Waals surface area contributed by atoms with E-state index in [0.29, 0.717) is 0 Å². The molecule has 0 radical (unpaired) electrons. The van der Waals surface area contributed by atoms with Crippen LogP contribution in [0.25, 0.3) is 0 Å². The molecule has 1 heterocycles. The number of benzene rings is 1. The monoisotopic (exact) mass is 306 g/mol. The number of aromatic nitrogens is 2. The Kier molecular flexibility index (Phi) is 3.84. The average molecular weight is 306 g/mol. The Morgan fingerprint density at radius 3 is 2.45 bits per heavy atom. The van der Waals surface area contributed by atoms with Gasteiger partial charge >= 0.3 is 12.2 Å². The van der Waals surface area contributed by atoms with E-state index in [0.717, 1.165) is 6.07 Å². The second kappa shape index (κ2) is 5.41. The van der Waals surface area contributed by atoms with Gasteiger partial charge in [-0.1, -0.05) is 23.5 Å². The van der Waals surface area contributed by atoms with E-state index in [1.807, 2.05) is 5.32 Å². The molecule has 20 heavy (non-hydrogen) atoms. The van der Waals surface area contributed by atoms with E-state index >= 15 is 0 Å². The number of nitrogens with zero attached hydrogens (tertiary/aromatic N) is 2. The predicted molar refractivity (Wildman–Crippen MR) is 64.0 cm³/mol. The summed E-state index contributed by atoms with van der Waals surface area (Å²) in [5.41, 5.74) is -0.106. The fourth-order valence-electron chi connectivity index (χ4n) is 1.20. The number of carbonyl (C=O) groups excluding carboxylic acids is 1. The van der Waals surface area contributed by atoms with Crippen LogP contribution in [0.4, 0.5) is 33.2 Å². The maximum Gasteiger partial charge on any atom is 0.445 e. The highest BCUT2D eigenvalue weighted by Gasteiger charge is 2.35. The van der Waals surface area contributed by atoms with Gasteiger partial charge in [-0.3, -0.25) is 5.32 Å². The van der Waals surface area contributed by atoms with Crippen molar-refractivity contribution >= 4 is 28.2 Å². The Labute approximate surface area is 113 Å². The average Bonchev–Trinajstić information content (AvgIpc) is 2.80. The lowest BCUT2D eigenvalue weighted by molar-refractivity contribution is -0.138. The van der Waals surface area contributed by atoms with Gasteiger partial charge in [0.15, 0.2) is 0 Å². The van der Waals surface area contributed by atoms with E-state index in [4.69, 9.17) is 0 Å². The van der Waals surface area contributed by atoms with Crippen molar-refractivity contribution in [1.82, 2.24) is 10.2 Å². The lowest BCUT2D eigenvalue weighted by atomic mass is 10.3. The van der Waals surface area contributed by atoms with Crippen molar-refractivity contribution in [2.24, 2.45) is 0 Å². The van der Waals surface area contributed by atoms with E-state index in [1.165, 1.54) is 18.2 Å². The minimum atomic E-state index is -4.63. The SMILES string of the molecule is O=C(Nc1nnc(C(F)(F)F)s1)Nc1ccccc1F. The highest BCUT2D eigenvalue weighted by molar-refractivity contribution is 7.15. The highest BCUT2D eigenvalue weighted by atomic mass is 32.1. The van der Waals surface area contributed by atoms with Gasteiger partial charge < -0.3 is 5.32 Å². The van der Waals surface area contributed by atoms with Crippen LogP contribution in [0.2, 0.25) is 0 Å². The number of nitrogens with one attached hydrogen (secondary N) is 2. The molecular formula is C10H6F4N4OS.